The highest BCUT2D eigenvalue weighted by atomic mass is 32.2. The number of aryl methyl sites for hydroxylation is 1. The summed E-state index contributed by atoms with van der Waals surface area (Å²) in [7, 11) is 0. The second-order valence-electron chi connectivity index (χ2n) is 5.15. The van der Waals surface area contributed by atoms with E-state index in [4.69, 9.17) is 9.52 Å². The molecular formula is C15H15NO4S. The predicted octanol–water partition coefficient (Wildman–Crippen LogP) is 2.27. The van der Waals surface area contributed by atoms with Gasteiger partial charge in [-0.15, -0.1) is 11.8 Å². The zero-order chi connectivity index (χ0) is 15.0. The van der Waals surface area contributed by atoms with Gasteiger partial charge >= 0.3 is 5.97 Å². The molecule has 1 amide bonds. The molecule has 1 N–H and O–H groups in total. The van der Waals surface area contributed by atoms with Crippen molar-refractivity contribution in [2.24, 2.45) is 0 Å². The first-order valence-electron chi connectivity index (χ1n) is 6.63. The van der Waals surface area contributed by atoms with E-state index in [0.29, 0.717) is 11.6 Å². The Kier molecular flexibility index (Phi) is 3.63. The van der Waals surface area contributed by atoms with Gasteiger partial charge in [-0.1, -0.05) is 12.1 Å². The molecule has 0 saturated carbocycles. The van der Waals surface area contributed by atoms with Gasteiger partial charge in [-0.25, -0.2) is 4.79 Å². The quantitative estimate of drug-likeness (QED) is 0.942. The summed E-state index contributed by atoms with van der Waals surface area (Å²) >= 11 is 1.47. The molecule has 21 heavy (non-hydrogen) atoms. The van der Waals surface area contributed by atoms with Gasteiger partial charge in [-0.3, -0.25) is 4.79 Å². The van der Waals surface area contributed by atoms with Crippen LogP contribution in [0.4, 0.5) is 0 Å². The van der Waals surface area contributed by atoms with E-state index in [1.165, 1.54) is 16.7 Å². The van der Waals surface area contributed by atoms with Crippen molar-refractivity contribution in [1.29, 1.82) is 0 Å². The number of hydrogen-bond donors (Lipinski definition) is 1. The molecule has 110 valence electrons. The lowest BCUT2D eigenvalue weighted by Gasteiger charge is -2.20. The molecule has 0 unspecified atom stereocenters. The number of carboxylic acids is 1. The van der Waals surface area contributed by atoms with Gasteiger partial charge in [0.1, 0.15) is 11.6 Å². The largest absolute Gasteiger partial charge is 0.480 e. The van der Waals surface area contributed by atoms with Crippen LogP contribution in [0.2, 0.25) is 0 Å². The molecule has 6 heteroatoms. The number of amides is 1. The zero-order valence-corrected chi connectivity index (χ0v) is 12.4. The molecule has 1 aromatic carbocycles. The van der Waals surface area contributed by atoms with E-state index in [9.17, 15) is 9.59 Å². The van der Waals surface area contributed by atoms with Gasteiger partial charge in [0.05, 0.1) is 18.6 Å². The summed E-state index contributed by atoms with van der Waals surface area (Å²) in [6.45, 7) is 1.98. The number of furan rings is 1. The number of aliphatic carboxylic acids is 1. The van der Waals surface area contributed by atoms with Gasteiger partial charge in [0.25, 0.3) is 0 Å². The van der Waals surface area contributed by atoms with Crippen LogP contribution >= 0.6 is 11.8 Å². The summed E-state index contributed by atoms with van der Waals surface area (Å²) in [5, 5.41) is 10.0. The van der Waals surface area contributed by atoms with Crippen molar-refractivity contribution >= 4 is 34.6 Å². The van der Waals surface area contributed by atoms with Gasteiger partial charge in [-0.05, 0) is 18.6 Å². The molecule has 0 radical (unpaired) electrons. The maximum Gasteiger partial charge on any atom is 0.327 e. The number of hydrogen-bond acceptors (Lipinski definition) is 4. The first-order valence-corrected chi connectivity index (χ1v) is 7.78. The summed E-state index contributed by atoms with van der Waals surface area (Å²) < 4.78 is 5.48. The van der Waals surface area contributed by atoms with E-state index < -0.39 is 12.0 Å². The summed E-state index contributed by atoms with van der Waals surface area (Å²) in [4.78, 5) is 24.9. The highest BCUT2D eigenvalue weighted by molar-refractivity contribution is 7.99. The molecular weight excluding hydrogens is 290 g/mol. The molecule has 2 heterocycles. The number of benzene rings is 1. The second kappa shape index (κ2) is 5.44. The highest BCUT2D eigenvalue weighted by Gasteiger charge is 2.34. The Bertz CT molecular complexity index is 709. The smallest absolute Gasteiger partial charge is 0.327 e. The molecule has 0 spiro atoms. The number of carbonyl (C=O) groups is 2. The monoisotopic (exact) mass is 305 g/mol. The number of rotatable bonds is 3. The predicted molar refractivity (Wildman–Crippen MR) is 80.2 cm³/mol. The molecule has 0 aliphatic carbocycles. The Morgan fingerprint density at radius 1 is 1.48 bits per heavy atom. The Labute approximate surface area is 125 Å². The van der Waals surface area contributed by atoms with Crippen LogP contribution in [0.15, 0.2) is 28.9 Å². The average Bonchev–Trinajstić information content (AvgIpc) is 3.05. The van der Waals surface area contributed by atoms with Crippen LogP contribution in [0, 0.1) is 6.92 Å². The zero-order valence-electron chi connectivity index (χ0n) is 11.5. The fourth-order valence-electron chi connectivity index (χ4n) is 2.48. The van der Waals surface area contributed by atoms with Crippen LogP contribution in [0.1, 0.15) is 11.1 Å². The van der Waals surface area contributed by atoms with Crippen LogP contribution in [0.5, 0.6) is 0 Å². The third kappa shape index (κ3) is 2.63. The van der Waals surface area contributed by atoms with Crippen LogP contribution in [-0.4, -0.2) is 39.6 Å². The minimum atomic E-state index is -0.943. The highest BCUT2D eigenvalue weighted by Crippen LogP contribution is 2.26. The average molecular weight is 305 g/mol. The molecule has 2 aromatic rings. The number of fused-ring (bicyclic) bond motifs is 1. The fourth-order valence-corrected chi connectivity index (χ4v) is 3.66. The minimum absolute atomic E-state index is 0.167. The first-order chi connectivity index (χ1) is 10.1. The topological polar surface area (TPSA) is 70.8 Å². The third-order valence-electron chi connectivity index (χ3n) is 3.64. The van der Waals surface area contributed by atoms with Crippen LogP contribution in [0.25, 0.3) is 11.0 Å². The maximum absolute atomic E-state index is 12.3. The lowest BCUT2D eigenvalue weighted by molar-refractivity contribution is -0.147. The number of nitrogens with zero attached hydrogens (tertiary/aromatic N) is 1. The number of carbonyl (C=O) groups excluding carboxylic acids is 1. The molecule has 1 atom stereocenters. The van der Waals surface area contributed by atoms with Crippen molar-refractivity contribution in [3.05, 3.63) is 35.6 Å². The van der Waals surface area contributed by atoms with Crippen LogP contribution < -0.4 is 0 Å². The van der Waals surface area contributed by atoms with Crippen LogP contribution in [0.3, 0.4) is 0 Å². The van der Waals surface area contributed by atoms with E-state index in [-0.39, 0.29) is 12.3 Å². The molecule has 3 rings (SSSR count). The lowest BCUT2D eigenvalue weighted by Crippen LogP contribution is -2.42. The Hall–Kier alpha value is -1.95. The maximum atomic E-state index is 12.3. The van der Waals surface area contributed by atoms with Crippen molar-refractivity contribution in [3.8, 4) is 0 Å². The van der Waals surface area contributed by atoms with Crippen molar-refractivity contribution in [3.63, 3.8) is 0 Å². The van der Waals surface area contributed by atoms with E-state index >= 15 is 0 Å². The molecule has 5 nitrogen and oxygen atoms in total. The van der Waals surface area contributed by atoms with Gasteiger partial charge in [0.2, 0.25) is 5.91 Å². The second-order valence-corrected chi connectivity index (χ2v) is 6.15. The van der Waals surface area contributed by atoms with Gasteiger partial charge in [0.15, 0.2) is 0 Å². The normalized spacial score (nSPS) is 18.3. The Morgan fingerprint density at radius 3 is 3.05 bits per heavy atom. The lowest BCUT2D eigenvalue weighted by atomic mass is 10.1. The summed E-state index contributed by atoms with van der Waals surface area (Å²) in [5.41, 5.74) is 2.65. The third-order valence-corrected chi connectivity index (χ3v) is 4.65. The minimum Gasteiger partial charge on any atom is -0.480 e. The van der Waals surface area contributed by atoms with Gasteiger partial charge < -0.3 is 14.4 Å². The van der Waals surface area contributed by atoms with Crippen molar-refractivity contribution in [2.75, 3.05) is 11.6 Å². The van der Waals surface area contributed by atoms with E-state index in [2.05, 4.69) is 0 Å². The van der Waals surface area contributed by atoms with Crippen molar-refractivity contribution in [2.45, 2.75) is 19.4 Å². The summed E-state index contributed by atoms with van der Waals surface area (Å²) in [6, 6.07) is 5.11. The fraction of sp³-hybridized carbons (Fsp3) is 0.333. The van der Waals surface area contributed by atoms with Crippen molar-refractivity contribution in [1.82, 2.24) is 4.90 Å². The first kappa shape index (κ1) is 14.0. The SMILES string of the molecule is Cc1ccc2c(CC(=O)N3CSC[C@H]3C(=O)O)coc2c1. The Morgan fingerprint density at radius 2 is 2.29 bits per heavy atom. The van der Waals surface area contributed by atoms with Crippen LogP contribution in [-0.2, 0) is 16.0 Å². The van der Waals surface area contributed by atoms with E-state index in [0.717, 1.165) is 22.1 Å². The summed E-state index contributed by atoms with van der Waals surface area (Å²) in [5.74, 6) is -0.228. The molecule has 1 aromatic heterocycles. The molecule has 1 saturated heterocycles. The molecule has 1 aliphatic heterocycles. The number of thioether (sulfide) groups is 1. The standard InChI is InChI=1S/C15H15NO4S/c1-9-2-3-11-10(6-20-13(11)4-9)5-14(17)16-8-21-7-12(16)15(18)19/h2-4,6,12H,5,7-8H2,1H3,(H,18,19)/t12-/m0/s1. The van der Waals surface area contributed by atoms with E-state index in [1.54, 1.807) is 6.26 Å². The molecule has 1 fully saturated rings. The molecule has 1 aliphatic rings. The Balaban J connectivity index is 1.82. The number of carboxylic acid groups (broad SMARTS) is 1. The molecule has 0 bridgehead atoms. The van der Waals surface area contributed by atoms with Gasteiger partial charge in [0, 0.05) is 16.7 Å². The van der Waals surface area contributed by atoms with E-state index in [1.807, 2.05) is 25.1 Å². The van der Waals surface area contributed by atoms with Gasteiger partial charge in [-0.2, -0.15) is 0 Å². The summed E-state index contributed by atoms with van der Waals surface area (Å²) in [6.07, 6.45) is 1.75. The van der Waals surface area contributed by atoms with Crippen molar-refractivity contribution < 1.29 is 19.1 Å².